The van der Waals surface area contributed by atoms with Crippen molar-refractivity contribution in [3.63, 3.8) is 0 Å². The summed E-state index contributed by atoms with van der Waals surface area (Å²) in [6, 6.07) is 9.39. The molecule has 4 heterocycles. The average molecular weight is 543 g/mol. The number of nitrogens with zero attached hydrogens (tertiary/aromatic N) is 3. The van der Waals surface area contributed by atoms with Crippen molar-refractivity contribution in [2.75, 3.05) is 44.9 Å². The second-order valence-corrected chi connectivity index (χ2v) is 10.5. The van der Waals surface area contributed by atoms with Crippen LogP contribution in [-0.4, -0.2) is 72.6 Å². The molecule has 0 saturated carbocycles. The lowest BCUT2D eigenvalue weighted by Crippen LogP contribution is -2.46. The standard InChI is InChI=1S/C28H32ClFN4O4/c29-23-12-18(2-5-24(23)30)33-28-22-13-27(38-21-6-10-35-11-7-21)26(14-25(22)31-17-32-28)37-9-1-8-34-19-3-4-20(34)16-36-15-19/h2,5,12-14,17,19-21H,1,3-4,6-11,15-16H2,(H,31,32,33). The first kappa shape index (κ1) is 25.6. The van der Waals surface area contributed by atoms with Gasteiger partial charge in [0.15, 0.2) is 11.5 Å². The van der Waals surface area contributed by atoms with Gasteiger partial charge in [0.05, 0.1) is 43.6 Å². The second kappa shape index (κ2) is 11.6. The van der Waals surface area contributed by atoms with Crippen molar-refractivity contribution in [1.82, 2.24) is 14.9 Å². The highest BCUT2D eigenvalue weighted by Gasteiger charge is 2.36. The molecule has 2 atom stereocenters. The van der Waals surface area contributed by atoms with Crippen LogP contribution in [0.4, 0.5) is 15.9 Å². The topological polar surface area (TPSA) is 78.0 Å². The number of fused-ring (bicyclic) bond motifs is 3. The molecule has 38 heavy (non-hydrogen) atoms. The number of rotatable bonds is 9. The van der Waals surface area contributed by atoms with Crippen LogP contribution in [0.2, 0.25) is 5.02 Å². The molecule has 1 N–H and O–H groups in total. The number of benzene rings is 2. The molecule has 0 radical (unpaired) electrons. The Hall–Kier alpha value is -2.72. The summed E-state index contributed by atoms with van der Waals surface area (Å²) in [5, 5.41) is 4.04. The fourth-order valence-electron chi connectivity index (χ4n) is 5.56. The molecule has 3 aliphatic heterocycles. The maximum absolute atomic E-state index is 13.7. The Morgan fingerprint density at radius 1 is 1.00 bits per heavy atom. The van der Waals surface area contributed by atoms with E-state index >= 15 is 0 Å². The lowest BCUT2D eigenvalue weighted by Gasteiger charge is -2.34. The molecule has 6 rings (SSSR count). The van der Waals surface area contributed by atoms with E-state index in [1.165, 1.54) is 31.3 Å². The van der Waals surface area contributed by atoms with Crippen LogP contribution >= 0.6 is 11.6 Å². The number of hydrogen-bond donors (Lipinski definition) is 1. The fourth-order valence-corrected chi connectivity index (χ4v) is 5.74. The van der Waals surface area contributed by atoms with Crippen molar-refractivity contribution >= 4 is 34.0 Å². The molecule has 8 nitrogen and oxygen atoms in total. The van der Waals surface area contributed by atoms with Gasteiger partial charge in [-0.3, -0.25) is 4.90 Å². The number of hydrogen-bond acceptors (Lipinski definition) is 8. The highest BCUT2D eigenvalue weighted by atomic mass is 35.5. The summed E-state index contributed by atoms with van der Waals surface area (Å²) in [4.78, 5) is 11.5. The van der Waals surface area contributed by atoms with Crippen molar-refractivity contribution in [1.29, 1.82) is 0 Å². The van der Waals surface area contributed by atoms with E-state index in [0.717, 1.165) is 49.9 Å². The first-order chi connectivity index (χ1) is 18.6. The van der Waals surface area contributed by atoms with Gasteiger partial charge in [0.2, 0.25) is 0 Å². The fraction of sp³-hybridized carbons (Fsp3) is 0.500. The predicted octanol–water partition coefficient (Wildman–Crippen LogP) is 5.36. The van der Waals surface area contributed by atoms with E-state index in [0.29, 0.717) is 54.9 Å². The van der Waals surface area contributed by atoms with Crippen molar-refractivity contribution in [2.24, 2.45) is 0 Å². The normalized spacial score (nSPS) is 22.1. The van der Waals surface area contributed by atoms with Gasteiger partial charge >= 0.3 is 0 Å². The van der Waals surface area contributed by atoms with Gasteiger partial charge in [-0.05, 0) is 43.5 Å². The van der Waals surface area contributed by atoms with Crippen LogP contribution in [0, 0.1) is 5.82 Å². The van der Waals surface area contributed by atoms with Gasteiger partial charge < -0.3 is 24.3 Å². The molecule has 3 aliphatic rings. The summed E-state index contributed by atoms with van der Waals surface area (Å²) in [6.45, 7) is 4.61. The monoisotopic (exact) mass is 542 g/mol. The lowest BCUT2D eigenvalue weighted by atomic mass is 10.1. The molecule has 0 aliphatic carbocycles. The van der Waals surface area contributed by atoms with Crippen LogP contribution in [0.5, 0.6) is 11.5 Å². The molecule has 0 amide bonds. The molecule has 3 fully saturated rings. The molecule has 202 valence electrons. The molecule has 0 spiro atoms. The quantitative estimate of drug-likeness (QED) is 0.362. The van der Waals surface area contributed by atoms with Crippen LogP contribution in [0.15, 0.2) is 36.7 Å². The molecule has 3 aromatic rings. The predicted molar refractivity (Wildman–Crippen MR) is 143 cm³/mol. The third-order valence-electron chi connectivity index (χ3n) is 7.55. The van der Waals surface area contributed by atoms with E-state index in [9.17, 15) is 4.39 Å². The zero-order valence-electron chi connectivity index (χ0n) is 21.2. The number of anilines is 2. The van der Waals surface area contributed by atoms with Crippen LogP contribution in [0.3, 0.4) is 0 Å². The zero-order chi connectivity index (χ0) is 25.9. The molecule has 1 aromatic heterocycles. The Bertz CT molecular complexity index is 1260. The van der Waals surface area contributed by atoms with Crippen molar-refractivity contribution < 1.29 is 23.3 Å². The number of halogens is 2. The van der Waals surface area contributed by atoms with Crippen LogP contribution in [-0.2, 0) is 9.47 Å². The number of ether oxygens (including phenoxy) is 4. The van der Waals surface area contributed by atoms with Crippen LogP contribution < -0.4 is 14.8 Å². The highest BCUT2D eigenvalue weighted by Crippen LogP contribution is 2.37. The third kappa shape index (κ3) is 5.66. The Morgan fingerprint density at radius 3 is 2.61 bits per heavy atom. The van der Waals surface area contributed by atoms with Crippen molar-refractivity contribution in [3.05, 3.63) is 47.5 Å². The summed E-state index contributed by atoms with van der Waals surface area (Å²) in [6.07, 6.45) is 6.54. The van der Waals surface area contributed by atoms with E-state index < -0.39 is 5.82 Å². The van der Waals surface area contributed by atoms with Gasteiger partial charge in [-0.2, -0.15) is 0 Å². The second-order valence-electron chi connectivity index (χ2n) is 10.1. The van der Waals surface area contributed by atoms with Crippen LogP contribution in [0.25, 0.3) is 10.9 Å². The highest BCUT2D eigenvalue weighted by molar-refractivity contribution is 6.31. The van der Waals surface area contributed by atoms with Gasteiger partial charge in [-0.15, -0.1) is 0 Å². The molecular weight excluding hydrogens is 511 g/mol. The van der Waals surface area contributed by atoms with Gasteiger partial charge in [-0.1, -0.05) is 11.6 Å². The lowest BCUT2D eigenvalue weighted by molar-refractivity contribution is -0.0161. The Morgan fingerprint density at radius 2 is 1.82 bits per heavy atom. The average Bonchev–Trinajstić information content (AvgIpc) is 3.14. The Kier molecular flexibility index (Phi) is 7.78. The minimum Gasteiger partial charge on any atom is -0.490 e. The zero-order valence-corrected chi connectivity index (χ0v) is 22.0. The number of aromatic nitrogens is 2. The SMILES string of the molecule is Fc1ccc(Nc2ncnc3cc(OCCCN4C5CCC4COC5)c(OC4CCOCC4)cc23)cc1Cl. The van der Waals surface area contributed by atoms with E-state index in [1.807, 2.05) is 12.1 Å². The number of nitrogens with one attached hydrogen (secondary N) is 1. The maximum atomic E-state index is 13.7. The molecule has 3 saturated heterocycles. The smallest absolute Gasteiger partial charge is 0.163 e. The summed E-state index contributed by atoms with van der Waals surface area (Å²) >= 11 is 5.98. The summed E-state index contributed by atoms with van der Waals surface area (Å²) < 4.78 is 37.6. The first-order valence-corrected chi connectivity index (χ1v) is 13.7. The maximum Gasteiger partial charge on any atom is 0.163 e. The molecule has 2 aromatic carbocycles. The molecule has 2 bridgehead atoms. The minimum absolute atomic E-state index is 0.0395. The molecule has 2 unspecified atom stereocenters. The van der Waals surface area contributed by atoms with E-state index in [1.54, 1.807) is 6.07 Å². The van der Waals surface area contributed by atoms with E-state index in [4.69, 9.17) is 30.5 Å². The van der Waals surface area contributed by atoms with Crippen molar-refractivity contribution in [3.8, 4) is 11.5 Å². The van der Waals surface area contributed by atoms with Gasteiger partial charge in [0, 0.05) is 48.6 Å². The Labute approximate surface area is 226 Å². The van der Waals surface area contributed by atoms with Crippen molar-refractivity contribution in [2.45, 2.75) is 50.3 Å². The summed E-state index contributed by atoms with van der Waals surface area (Å²) in [5.41, 5.74) is 1.34. The summed E-state index contributed by atoms with van der Waals surface area (Å²) in [7, 11) is 0. The van der Waals surface area contributed by atoms with Gasteiger partial charge in [0.25, 0.3) is 0 Å². The molecule has 10 heteroatoms. The third-order valence-corrected chi connectivity index (χ3v) is 7.84. The first-order valence-electron chi connectivity index (χ1n) is 13.4. The van der Waals surface area contributed by atoms with Gasteiger partial charge in [0.1, 0.15) is 24.1 Å². The van der Waals surface area contributed by atoms with E-state index in [2.05, 4.69) is 20.2 Å². The minimum atomic E-state index is -0.472. The van der Waals surface area contributed by atoms with E-state index in [-0.39, 0.29) is 11.1 Å². The molecular formula is C28H32ClFN4O4. The van der Waals surface area contributed by atoms with Gasteiger partial charge in [-0.25, -0.2) is 14.4 Å². The number of morpholine rings is 1. The van der Waals surface area contributed by atoms with Crippen LogP contribution in [0.1, 0.15) is 32.1 Å². The summed E-state index contributed by atoms with van der Waals surface area (Å²) in [5.74, 6) is 1.43. The Balaban J connectivity index is 1.22. The largest absolute Gasteiger partial charge is 0.490 e.